The third-order valence-electron chi connectivity index (χ3n) is 6.03. The van der Waals surface area contributed by atoms with Gasteiger partial charge in [-0.25, -0.2) is 19.9 Å². The summed E-state index contributed by atoms with van der Waals surface area (Å²) in [6.45, 7) is 2.46. The molecule has 2 bridgehead atoms. The Bertz CT molecular complexity index is 1040. The van der Waals surface area contributed by atoms with Crippen molar-refractivity contribution < 1.29 is 9.53 Å². The molecule has 1 amide bonds. The average molecular weight is 401 g/mol. The molecule has 0 unspecified atom stereocenters. The Balaban J connectivity index is 1.39. The fourth-order valence-electron chi connectivity index (χ4n) is 4.69. The van der Waals surface area contributed by atoms with E-state index in [1.54, 1.807) is 24.7 Å². The first-order valence-electron chi connectivity index (χ1n) is 10.3. The Morgan fingerprint density at radius 3 is 2.70 bits per heavy atom. The molecule has 0 radical (unpaired) electrons. The average Bonchev–Trinajstić information content (AvgIpc) is 3.36. The van der Waals surface area contributed by atoms with E-state index in [2.05, 4.69) is 19.9 Å². The highest BCUT2D eigenvalue weighted by atomic mass is 16.5. The van der Waals surface area contributed by atoms with E-state index < -0.39 is 0 Å². The number of rotatable bonds is 5. The Morgan fingerprint density at radius 1 is 1.07 bits per heavy atom. The van der Waals surface area contributed by atoms with Gasteiger partial charge in [-0.05, 0) is 50.5 Å². The van der Waals surface area contributed by atoms with E-state index >= 15 is 0 Å². The SMILES string of the molecule is Cc1ccc(-c2ncccn2)c(C(=O)N2[C@@H]3CC[C@H]2[C@H](COc2ccccn2)C3)n1. The van der Waals surface area contributed by atoms with Crippen molar-refractivity contribution in [3.8, 4) is 17.3 Å². The lowest BCUT2D eigenvalue weighted by Gasteiger charge is -2.25. The number of hydrogen-bond donors (Lipinski definition) is 0. The number of fused-ring (bicyclic) bond motifs is 2. The van der Waals surface area contributed by atoms with Crippen molar-refractivity contribution in [2.75, 3.05) is 6.61 Å². The second-order valence-electron chi connectivity index (χ2n) is 7.91. The van der Waals surface area contributed by atoms with Crippen LogP contribution in [0.1, 0.15) is 35.4 Å². The van der Waals surface area contributed by atoms with Crippen LogP contribution in [0.15, 0.2) is 55.0 Å². The van der Waals surface area contributed by atoms with Gasteiger partial charge in [0.2, 0.25) is 5.88 Å². The van der Waals surface area contributed by atoms with Gasteiger partial charge in [-0.2, -0.15) is 0 Å². The number of carbonyl (C=O) groups is 1. The minimum atomic E-state index is -0.0333. The first-order chi connectivity index (χ1) is 14.7. The molecule has 7 heteroatoms. The quantitative estimate of drug-likeness (QED) is 0.652. The number of hydrogen-bond acceptors (Lipinski definition) is 6. The molecule has 2 fully saturated rings. The van der Waals surface area contributed by atoms with Crippen molar-refractivity contribution in [1.29, 1.82) is 0 Å². The summed E-state index contributed by atoms with van der Waals surface area (Å²) < 4.78 is 5.90. The van der Waals surface area contributed by atoms with E-state index in [1.807, 2.05) is 42.2 Å². The monoisotopic (exact) mass is 401 g/mol. The summed E-state index contributed by atoms with van der Waals surface area (Å²) in [5.41, 5.74) is 1.92. The first-order valence-corrected chi connectivity index (χ1v) is 10.3. The maximum Gasteiger partial charge on any atom is 0.273 e. The van der Waals surface area contributed by atoms with Gasteiger partial charge in [-0.3, -0.25) is 4.79 Å². The van der Waals surface area contributed by atoms with Crippen LogP contribution >= 0.6 is 0 Å². The van der Waals surface area contributed by atoms with Gasteiger partial charge < -0.3 is 9.64 Å². The molecule has 5 rings (SSSR count). The molecule has 0 aliphatic carbocycles. The number of aromatic nitrogens is 4. The highest BCUT2D eigenvalue weighted by Gasteiger charge is 2.49. The van der Waals surface area contributed by atoms with Gasteiger partial charge >= 0.3 is 0 Å². The molecule has 2 saturated heterocycles. The van der Waals surface area contributed by atoms with Gasteiger partial charge in [0.1, 0.15) is 5.69 Å². The van der Waals surface area contributed by atoms with Crippen LogP contribution in [0, 0.1) is 12.8 Å². The summed E-state index contributed by atoms with van der Waals surface area (Å²) in [4.78, 5) is 33.1. The highest BCUT2D eigenvalue weighted by molar-refractivity contribution is 5.99. The van der Waals surface area contributed by atoms with Gasteiger partial charge in [0.25, 0.3) is 5.91 Å². The topological polar surface area (TPSA) is 81.1 Å². The molecule has 0 aromatic carbocycles. The molecule has 0 saturated carbocycles. The van der Waals surface area contributed by atoms with Gasteiger partial charge in [0.05, 0.1) is 12.2 Å². The van der Waals surface area contributed by atoms with Crippen LogP contribution in [0.25, 0.3) is 11.4 Å². The summed E-state index contributed by atoms with van der Waals surface area (Å²) in [7, 11) is 0. The number of ether oxygens (including phenoxy) is 1. The maximum absolute atomic E-state index is 13.6. The van der Waals surface area contributed by atoms with Crippen molar-refractivity contribution in [3.63, 3.8) is 0 Å². The van der Waals surface area contributed by atoms with Gasteiger partial charge in [-0.1, -0.05) is 6.07 Å². The zero-order chi connectivity index (χ0) is 20.5. The minimum Gasteiger partial charge on any atom is -0.477 e. The number of aryl methyl sites for hydroxylation is 1. The number of nitrogens with zero attached hydrogens (tertiary/aromatic N) is 5. The Kier molecular flexibility index (Phi) is 4.86. The van der Waals surface area contributed by atoms with Crippen LogP contribution in [0.5, 0.6) is 5.88 Å². The van der Waals surface area contributed by atoms with Crippen LogP contribution in [0.2, 0.25) is 0 Å². The largest absolute Gasteiger partial charge is 0.477 e. The number of amides is 1. The second-order valence-corrected chi connectivity index (χ2v) is 7.91. The van der Waals surface area contributed by atoms with E-state index in [0.717, 1.165) is 25.0 Å². The Labute approximate surface area is 175 Å². The predicted molar refractivity (Wildman–Crippen MR) is 111 cm³/mol. The molecule has 2 aliphatic rings. The lowest BCUT2D eigenvalue weighted by atomic mass is 9.90. The summed E-state index contributed by atoms with van der Waals surface area (Å²) in [6.07, 6.45) is 8.06. The van der Waals surface area contributed by atoms with E-state index in [-0.39, 0.29) is 18.0 Å². The van der Waals surface area contributed by atoms with Crippen molar-refractivity contribution >= 4 is 5.91 Å². The summed E-state index contributed by atoms with van der Waals surface area (Å²) in [5, 5.41) is 0. The fourth-order valence-corrected chi connectivity index (χ4v) is 4.69. The van der Waals surface area contributed by atoms with Gasteiger partial charge in [-0.15, -0.1) is 0 Å². The van der Waals surface area contributed by atoms with Crippen LogP contribution in [-0.2, 0) is 0 Å². The molecule has 0 spiro atoms. The summed E-state index contributed by atoms with van der Waals surface area (Å²) >= 11 is 0. The highest BCUT2D eigenvalue weighted by Crippen LogP contribution is 2.43. The molecule has 7 nitrogen and oxygen atoms in total. The molecular formula is C23H23N5O2. The molecule has 3 aromatic heterocycles. The molecule has 3 aromatic rings. The second kappa shape index (κ2) is 7.82. The van der Waals surface area contributed by atoms with Crippen molar-refractivity contribution in [3.05, 3.63) is 66.4 Å². The third-order valence-corrected chi connectivity index (χ3v) is 6.03. The van der Waals surface area contributed by atoms with E-state index in [1.165, 1.54) is 0 Å². The molecule has 2 aliphatic heterocycles. The van der Waals surface area contributed by atoms with Crippen molar-refractivity contribution in [2.24, 2.45) is 5.92 Å². The summed E-state index contributed by atoms with van der Waals surface area (Å²) in [5.74, 6) is 1.42. The van der Waals surface area contributed by atoms with Gasteiger partial charge in [0.15, 0.2) is 5.82 Å². The van der Waals surface area contributed by atoms with E-state index in [0.29, 0.717) is 35.5 Å². The summed E-state index contributed by atoms with van der Waals surface area (Å²) in [6, 6.07) is 11.6. The maximum atomic E-state index is 13.6. The Morgan fingerprint density at radius 2 is 1.90 bits per heavy atom. The van der Waals surface area contributed by atoms with E-state index in [4.69, 9.17) is 4.74 Å². The van der Waals surface area contributed by atoms with E-state index in [9.17, 15) is 4.79 Å². The van der Waals surface area contributed by atoms with Crippen LogP contribution in [0.3, 0.4) is 0 Å². The zero-order valence-corrected chi connectivity index (χ0v) is 16.8. The normalized spacial score (nSPS) is 22.3. The lowest BCUT2D eigenvalue weighted by molar-refractivity contribution is 0.0704. The Hall–Kier alpha value is -3.35. The van der Waals surface area contributed by atoms with Crippen LogP contribution in [-0.4, -0.2) is 49.4 Å². The lowest BCUT2D eigenvalue weighted by Crippen LogP contribution is -2.38. The number of pyridine rings is 2. The predicted octanol–water partition coefficient (Wildman–Crippen LogP) is 3.31. The number of carbonyl (C=O) groups excluding carboxylic acids is 1. The third kappa shape index (κ3) is 3.40. The first kappa shape index (κ1) is 18.7. The molecule has 152 valence electrons. The smallest absolute Gasteiger partial charge is 0.273 e. The van der Waals surface area contributed by atoms with Crippen molar-refractivity contribution in [2.45, 2.75) is 38.3 Å². The molecule has 0 N–H and O–H groups in total. The van der Waals surface area contributed by atoms with Crippen LogP contribution < -0.4 is 4.74 Å². The van der Waals surface area contributed by atoms with Crippen LogP contribution in [0.4, 0.5) is 0 Å². The molecular weight excluding hydrogens is 378 g/mol. The standard InChI is InChI=1S/C23H23N5O2/c1-15-6-8-18(22-25-11-4-12-26-22)21(27-15)23(29)28-17-7-9-19(28)16(13-17)14-30-20-5-2-3-10-24-20/h2-6,8,10-12,16-17,19H,7,9,13-14H2,1H3/t16-,17+,19-/m0/s1. The minimum absolute atomic E-state index is 0.0333. The molecule has 5 heterocycles. The fraction of sp³-hybridized carbons (Fsp3) is 0.348. The zero-order valence-electron chi connectivity index (χ0n) is 16.8. The van der Waals surface area contributed by atoms with Crippen molar-refractivity contribution in [1.82, 2.24) is 24.8 Å². The van der Waals surface area contributed by atoms with Gasteiger partial charge in [0, 0.05) is 48.4 Å². The molecule has 3 atom stereocenters. The molecule has 30 heavy (non-hydrogen) atoms.